The Bertz CT molecular complexity index is 620. The highest BCUT2D eigenvalue weighted by molar-refractivity contribution is 7.91. The molecule has 1 aliphatic heterocycles. The predicted molar refractivity (Wildman–Crippen MR) is 71.7 cm³/mol. The van der Waals surface area contributed by atoms with Crippen LogP contribution in [0, 0.1) is 5.82 Å². The van der Waals surface area contributed by atoms with E-state index in [1.165, 1.54) is 18.2 Å². The molecule has 1 fully saturated rings. The Balaban J connectivity index is 1.93. The summed E-state index contributed by atoms with van der Waals surface area (Å²) in [6.07, 6.45) is -0.996. The van der Waals surface area contributed by atoms with Gasteiger partial charge in [-0.2, -0.15) is 0 Å². The molecule has 1 atom stereocenters. The molecule has 1 aliphatic rings. The summed E-state index contributed by atoms with van der Waals surface area (Å²) >= 11 is 5.62. The monoisotopic (exact) mass is 321 g/mol. The minimum Gasteiger partial charge on any atom is -0.366 e. The van der Waals surface area contributed by atoms with Crippen LogP contribution in [-0.4, -0.2) is 38.5 Å². The van der Waals surface area contributed by atoms with Gasteiger partial charge in [0, 0.05) is 6.54 Å². The fraction of sp³-hybridized carbons (Fsp3) is 0.417. The second-order valence-electron chi connectivity index (χ2n) is 4.44. The van der Waals surface area contributed by atoms with E-state index in [0.29, 0.717) is 5.56 Å². The lowest BCUT2D eigenvalue weighted by molar-refractivity contribution is -0.131. The quantitative estimate of drug-likeness (QED) is 0.898. The Morgan fingerprint density at radius 3 is 2.90 bits per heavy atom. The first-order chi connectivity index (χ1) is 9.37. The van der Waals surface area contributed by atoms with Crippen molar-refractivity contribution in [2.75, 3.05) is 18.1 Å². The van der Waals surface area contributed by atoms with E-state index < -0.39 is 27.7 Å². The fourth-order valence-corrected chi connectivity index (χ4v) is 3.21. The maximum atomic E-state index is 13.0. The first-order valence-corrected chi connectivity index (χ1v) is 8.11. The molecule has 0 radical (unpaired) electrons. The molecule has 1 amide bonds. The second-order valence-corrected chi connectivity index (χ2v) is 7.08. The molecule has 1 aromatic rings. The number of sulfone groups is 1. The normalized spacial score (nSPS) is 21.4. The predicted octanol–water partition coefficient (Wildman–Crippen LogP) is 0.909. The third-order valence-corrected chi connectivity index (χ3v) is 4.75. The molecule has 0 bridgehead atoms. The summed E-state index contributed by atoms with van der Waals surface area (Å²) < 4.78 is 40.9. The number of ether oxygens (including phenoxy) is 1. The molecule has 0 saturated carbocycles. The molecule has 1 aromatic carbocycles. The van der Waals surface area contributed by atoms with Gasteiger partial charge in [0.25, 0.3) is 0 Å². The van der Waals surface area contributed by atoms with Gasteiger partial charge in [-0.3, -0.25) is 4.79 Å². The molecule has 0 aliphatic carbocycles. The Kier molecular flexibility index (Phi) is 4.62. The van der Waals surface area contributed by atoms with Crippen LogP contribution in [0.25, 0.3) is 0 Å². The number of carbonyl (C=O) groups is 1. The van der Waals surface area contributed by atoms with Gasteiger partial charge in [0.2, 0.25) is 5.91 Å². The number of benzene rings is 1. The van der Waals surface area contributed by atoms with Crippen molar-refractivity contribution < 1.29 is 22.3 Å². The zero-order valence-electron chi connectivity index (χ0n) is 10.4. The number of rotatable bonds is 3. The molecule has 1 saturated heterocycles. The third kappa shape index (κ3) is 3.91. The molecule has 1 N–H and O–H groups in total. The highest BCUT2D eigenvalue weighted by Crippen LogP contribution is 2.16. The van der Waals surface area contributed by atoms with Gasteiger partial charge >= 0.3 is 0 Å². The van der Waals surface area contributed by atoms with Gasteiger partial charge in [-0.1, -0.05) is 17.7 Å². The summed E-state index contributed by atoms with van der Waals surface area (Å²) in [5, 5.41) is 2.51. The zero-order valence-corrected chi connectivity index (χ0v) is 12.0. The van der Waals surface area contributed by atoms with Crippen molar-refractivity contribution in [1.29, 1.82) is 0 Å². The summed E-state index contributed by atoms with van der Waals surface area (Å²) in [7, 11) is -3.23. The number of hydrogen-bond donors (Lipinski definition) is 1. The average Bonchev–Trinajstić information content (AvgIpc) is 2.38. The Hall–Kier alpha value is -1.18. The highest BCUT2D eigenvalue weighted by Gasteiger charge is 2.30. The van der Waals surface area contributed by atoms with Crippen molar-refractivity contribution >= 4 is 27.3 Å². The van der Waals surface area contributed by atoms with Crippen LogP contribution in [0.3, 0.4) is 0 Å². The first kappa shape index (κ1) is 15.2. The lowest BCUT2D eigenvalue weighted by Crippen LogP contribution is -2.45. The number of nitrogens with one attached hydrogen (secondary N) is 1. The van der Waals surface area contributed by atoms with Gasteiger partial charge in [-0.25, -0.2) is 12.8 Å². The van der Waals surface area contributed by atoms with E-state index in [9.17, 15) is 17.6 Å². The lowest BCUT2D eigenvalue weighted by Gasteiger charge is -2.22. The maximum absolute atomic E-state index is 13.0. The number of hydrogen-bond acceptors (Lipinski definition) is 4. The van der Waals surface area contributed by atoms with Gasteiger partial charge in [-0.15, -0.1) is 0 Å². The Labute approximate surface area is 121 Å². The van der Waals surface area contributed by atoms with Gasteiger partial charge in [0.15, 0.2) is 9.84 Å². The van der Waals surface area contributed by atoms with E-state index in [-0.39, 0.29) is 29.7 Å². The van der Waals surface area contributed by atoms with Crippen molar-refractivity contribution in [2.24, 2.45) is 0 Å². The lowest BCUT2D eigenvalue weighted by atomic mass is 10.2. The largest absolute Gasteiger partial charge is 0.366 e. The molecule has 1 heterocycles. The summed E-state index contributed by atoms with van der Waals surface area (Å²) in [6.45, 7) is 0.140. The van der Waals surface area contributed by atoms with E-state index in [1.807, 2.05) is 0 Å². The van der Waals surface area contributed by atoms with Crippen LogP contribution in [0.4, 0.5) is 4.39 Å². The van der Waals surface area contributed by atoms with Gasteiger partial charge in [0.05, 0.1) is 23.1 Å². The minimum absolute atomic E-state index is 0.0167. The molecule has 1 unspecified atom stereocenters. The third-order valence-electron chi connectivity index (χ3n) is 2.86. The number of halogens is 2. The summed E-state index contributed by atoms with van der Waals surface area (Å²) in [6, 6.07) is 4.08. The SMILES string of the molecule is O=C(NCc1ccc(F)c(Cl)c1)C1CS(=O)(=O)CCO1. The van der Waals surface area contributed by atoms with Gasteiger partial charge in [0.1, 0.15) is 11.9 Å². The van der Waals surface area contributed by atoms with E-state index in [2.05, 4.69) is 5.32 Å². The minimum atomic E-state index is -3.23. The van der Waals surface area contributed by atoms with Gasteiger partial charge < -0.3 is 10.1 Å². The molecule has 0 aromatic heterocycles. The molecular weight excluding hydrogens is 309 g/mol. The number of carbonyl (C=O) groups excluding carboxylic acids is 1. The fourth-order valence-electron chi connectivity index (χ4n) is 1.78. The summed E-state index contributed by atoms with van der Waals surface area (Å²) in [5.74, 6) is -1.43. The van der Waals surface area contributed by atoms with Crippen molar-refractivity contribution in [3.8, 4) is 0 Å². The number of amides is 1. The molecule has 8 heteroatoms. The van der Waals surface area contributed by atoms with Crippen LogP contribution in [0.1, 0.15) is 5.56 Å². The summed E-state index contributed by atoms with van der Waals surface area (Å²) in [4.78, 5) is 11.8. The molecule has 5 nitrogen and oxygen atoms in total. The van der Waals surface area contributed by atoms with Crippen molar-refractivity contribution in [1.82, 2.24) is 5.32 Å². The molecule has 0 spiro atoms. The van der Waals surface area contributed by atoms with E-state index >= 15 is 0 Å². The van der Waals surface area contributed by atoms with Crippen molar-refractivity contribution in [3.63, 3.8) is 0 Å². The van der Waals surface area contributed by atoms with Crippen LogP contribution in [0.5, 0.6) is 0 Å². The smallest absolute Gasteiger partial charge is 0.250 e. The molecule has 20 heavy (non-hydrogen) atoms. The highest BCUT2D eigenvalue weighted by atomic mass is 35.5. The van der Waals surface area contributed by atoms with Crippen LogP contribution in [0.2, 0.25) is 5.02 Å². The van der Waals surface area contributed by atoms with Crippen LogP contribution in [0.15, 0.2) is 18.2 Å². The molecular formula is C12H13ClFNO4S. The van der Waals surface area contributed by atoms with Crippen LogP contribution in [-0.2, 0) is 25.9 Å². The Morgan fingerprint density at radius 1 is 1.50 bits per heavy atom. The van der Waals surface area contributed by atoms with E-state index in [4.69, 9.17) is 16.3 Å². The Morgan fingerprint density at radius 2 is 2.25 bits per heavy atom. The molecule has 2 rings (SSSR count). The standard InChI is InChI=1S/C12H13ClFNO4S/c13-9-5-8(1-2-10(9)14)6-15-12(16)11-7-20(17,18)4-3-19-11/h1-2,5,11H,3-4,6-7H2,(H,15,16). The second kappa shape index (κ2) is 6.07. The summed E-state index contributed by atoms with van der Waals surface area (Å²) in [5.41, 5.74) is 0.614. The van der Waals surface area contributed by atoms with E-state index in [1.54, 1.807) is 0 Å². The topological polar surface area (TPSA) is 72.5 Å². The average molecular weight is 322 g/mol. The van der Waals surface area contributed by atoms with Crippen LogP contribution < -0.4 is 5.32 Å². The zero-order chi connectivity index (χ0) is 14.8. The van der Waals surface area contributed by atoms with E-state index in [0.717, 1.165) is 0 Å². The van der Waals surface area contributed by atoms with Crippen LogP contribution >= 0.6 is 11.6 Å². The van der Waals surface area contributed by atoms with Crippen molar-refractivity contribution in [3.05, 3.63) is 34.6 Å². The maximum Gasteiger partial charge on any atom is 0.250 e. The van der Waals surface area contributed by atoms with Gasteiger partial charge in [-0.05, 0) is 17.7 Å². The molecule has 110 valence electrons. The van der Waals surface area contributed by atoms with Crippen molar-refractivity contribution in [2.45, 2.75) is 12.6 Å². The first-order valence-electron chi connectivity index (χ1n) is 5.91.